The Morgan fingerprint density at radius 2 is 1.33 bits per heavy atom. The molecule has 0 amide bonds. The molecule has 1 aromatic carbocycles. The van der Waals surface area contributed by atoms with Crippen molar-refractivity contribution >= 4 is 6.29 Å². The van der Waals surface area contributed by atoms with Crippen molar-refractivity contribution in [3.05, 3.63) is 23.8 Å². The van der Waals surface area contributed by atoms with Gasteiger partial charge in [-0.25, -0.2) is 0 Å². The van der Waals surface area contributed by atoms with Gasteiger partial charge in [-0.2, -0.15) is 0 Å². The van der Waals surface area contributed by atoms with Gasteiger partial charge in [0, 0.05) is 12.7 Å². The lowest BCUT2D eigenvalue weighted by Crippen LogP contribution is -2.14. The van der Waals surface area contributed by atoms with Crippen LogP contribution in [0.5, 0.6) is 11.5 Å². The van der Waals surface area contributed by atoms with Crippen LogP contribution in [0.4, 0.5) is 0 Å². The van der Waals surface area contributed by atoms with E-state index in [1.54, 1.807) is 12.1 Å². The van der Waals surface area contributed by atoms with Gasteiger partial charge in [0.05, 0.1) is 12.2 Å². The molecule has 0 radical (unpaired) electrons. The Bertz CT molecular complexity index is 587. The van der Waals surface area contributed by atoms with Crippen LogP contribution >= 0.6 is 0 Å². The number of ether oxygens (including phenoxy) is 2. The van der Waals surface area contributed by atoms with Crippen LogP contribution in [-0.4, -0.2) is 31.2 Å². The van der Waals surface area contributed by atoms with E-state index in [0.717, 1.165) is 6.61 Å². The van der Waals surface area contributed by atoms with E-state index in [1.807, 2.05) is 0 Å². The Labute approximate surface area is 203 Å². The lowest BCUT2D eigenvalue weighted by molar-refractivity contribution is 0.0677. The molecule has 1 unspecified atom stereocenters. The summed E-state index contributed by atoms with van der Waals surface area (Å²) in [5, 5.41) is 9.75. The van der Waals surface area contributed by atoms with Gasteiger partial charge in [-0.3, -0.25) is 4.79 Å². The van der Waals surface area contributed by atoms with Crippen molar-refractivity contribution < 1.29 is 19.4 Å². The van der Waals surface area contributed by atoms with Gasteiger partial charge in [-0.15, -0.1) is 0 Å². The fourth-order valence-electron chi connectivity index (χ4n) is 4.27. The van der Waals surface area contributed by atoms with Gasteiger partial charge in [0.15, 0.2) is 6.29 Å². The lowest BCUT2D eigenvalue weighted by atomic mass is 9.94. The fraction of sp³-hybridized carbons (Fsp3) is 0.759. The second-order valence-electron chi connectivity index (χ2n) is 9.45. The van der Waals surface area contributed by atoms with Gasteiger partial charge in [-0.1, -0.05) is 104 Å². The highest BCUT2D eigenvalue weighted by Gasteiger charge is 2.10. The number of carbonyl (C=O) groups is 1. The van der Waals surface area contributed by atoms with Gasteiger partial charge in [0.25, 0.3) is 0 Å². The van der Waals surface area contributed by atoms with Gasteiger partial charge >= 0.3 is 0 Å². The number of hydrogen-bond acceptors (Lipinski definition) is 4. The van der Waals surface area contributed by atoms with Gasteiger partial charge in [0.1, 0.15) is 18.1 Å². The molecule has 1 N–H and O–H groups in total. The number of carbonyl (C=O) groups excluding carboxylic acids is 1. The number of aromatic hydroxyl groups is 1. The van der Waals surface area contributed by atoms with Crippen LogP contribution in [0, 0.1) is 5.92 Å². The third kappa shape index (κ3) is 15.8. The zero-order valence-corrected chi connectivity index (χ0v) is 21.5. The molecule has 0 aromatic heterocycles. The molecule has 1 aromatic rings. The molecule has 0 fully saturated rings. The zero-order valence-electron chi connectivity index (χ0n) is 21.5. The van der Waals surface area contributed by atoms with Crippen molar-refractivity contribution in [2.45, 2.75) is 117 Å². The molecule has 0 saturated heterocycles. The Morgan fingerprint density at radius 1 is 0.788 bits per heavy atom. The summed E-state index contributed by atoms with van der Waals surface area (Å²) in [6, 6.07) is 4.75. The molecule has 1 atom stereocenters. The average molecular weight is 463 g/mol. The zero-order chi connectivity index (χ0) is 24.0. The van der Waals surface area contributed by atoms with Crippen molar-refractivity contribution in [3.8, 4) is 11.5 Å². The number of rotatable bonds is 23. The van der Waals surface area contributed by atoms with E-state index in [4.69, 9.17) is 9.47 Å². The molecule has 0 spiro atoms. The maximum absolute atomic E-state index is 10.8. The van der Waals surface area contributed by atoms with E-state index in [-0.39, 0.29) is 11.3 Å². The molecule has 33 heavy (non-hydrogen) atoms. The largest absolute Gasteiger partial charge is 0.507 e. The number of benzene rings is 1. The van der Waals surface area contributed by atoms with E-state index in [9.17, 15) is 9.90 Å². The molecular formula is C29H50O4. The Morgan fingerprint density at radius 3 is 1.85 bits per heavy atom. The second-order valence-corrected chi connectivity index (χ2v) is 9.45. The minimum Gasteiger partial charge on any atom is -0.507 e. The molecule has 0 heterocycles. The standard InChI is InChI=1S/C29H50O4/c1-3-5-7-9-11-12-14-16-18-26(17-15-13-10-8-6-4-2)25-32-21-22-33-28-20-19-27(24-30)29(31)23-28/h19-20,23-24,26,31H,3-18,21-22,25H2,1-2H3. The maximum Gasteiger partial charge on any atom is 0.153 e. The van der Waals surface area contributed by atoms with Crippen molar-refractivity contribution in [3.63, 3.8) is 0 Å². The summed E-state index contributed by atoms with van der Waals surface area (Å²) in [5.41, 5.74) is 0.275. The molecule has 4 nitrogen and oxygen atoms in total. The molecular weight excluding hydrogens is 412 g/mol. The van der Waals surface area contributed by atoms with Crippen molar-refractivity contribution in [2.75, 3.05) is 19.8 Å². The van der Waals surface area contributed by atoms with Crippen LogP contribution in [0.25, 0.3) is 0 Å². The summed E-state index contributed by atoms with van der Waals surface area (Å²) in [6.07, 6.45) is 22.2. The fourth-order valence-corrected chi connectivity index (χ4v) is 4.27. The highest BCUT2D eigenvalue weighted by atomic mass is 16.5. The van der Waals surface area contributed by atoms with Gasteiger partial charge < -0.3 is 14.6 Å². The van der Waals surface area contributed by atoms with Crippen LogP contribution in [0.15, 0.2) is 18.2 Å². The van der Waals surface area contributed by atoms with Crippen molar-refractivity contribution in [1.82, 2.24) is 0 Å². The average Bonchev–Trinajstić information content (AvgIpc) is 2.82. The van der Waals surface area contributed by atoms with Crippen molar-refractivity contribution in [2.24, 2.45) is 5.92 Å². The van der Waals surface area contributed by atoms with E-state index >= 15 is 0 Å². The minimum atomic E-state index is -0.0483. The Hall–Kier alpha value is -1.55. The molecule has 4 heteroatoms. The monoisotopic (exact) mass is 462 g/mol. The summed E-state index contributed by atoms with van der Waals surface area (Å²) < 4.78 is 11.6. The molecule has 0 aliphatic heterocycles. The van der Waals surface area contributed by atoms with E-state index < -0.39 is 0 Å². The number of phenolic OH excluding ortho intramolecular Hbond substituents is 1. The Balaban J connectivity index is 2.24. The van der Waals surface area contributed by atoms with E-state index in [1.165, 1.54) is 109 Å². The highest BCUT2D eigenvalue weighted by Crippen LogP contribution is 2.22. The lowest BCUT2D eigenvalue weighted by Gasteiger charge is -2.17. The van der Waals surface area contributed by atoms with Crippen LogP contribution in [0.2, 0.25) is 0 Å². The number of phenols is 1. The van der Waals surface area contributed by atoms with E-state index in [0.29, 0.717) is 31.2 Å². The predicted molar refractivity (Wildman–Crippen MR) is 139 cm³/mol. The predicted octanol–water partition coefficient (Wildman–Crippen LogP) is 8.50. The third-order valence-electron chi connectivity index (χ3n) is 6.41. The first kappa shape index (κ1) is 29.5. The normalized spacial score (nSPS) is 12.1. The van der Waals surface area contributed by atoms with Gasteiger partial charge in [-0.05, 0) is 30.9 Å². The molecule has 0 aliphatic rings. The smallest absolute Gasteiger partial charge is 0.153 e. The first-order valence-corrected chi connectivity index (χ1v) is 13.7. The second kappa shape index (κ2) is 21.0. The molecule has 1 rings (SSSR count). The molecule has 190 valence electrons. The van der Waals surface area contributed by atoms with Crippen LogP contribution in [-0.2, 0) is 4.74 Å². The molecule has 0 bridgehead atoms. The van der Waals surface area contributed by atoms with Crippen molar-refractivity contribution in [1.29, 1.82) is 0 Å². The maximum atomic E-state index is 10.8. The summed E-state index contributed by atoms with van der Waals surface area (Å²) >= 11 is 0. The first-order chi connectivity index (χ1) is 16.2. The van der Waals surface area contributed by atoms with Crippen LogP contribution in [0.3, 0.4) is 0 Å². The number of unbranched alkanes of at least 4 members (excludes halogenated alkanes) is 12. The van der Waals surface area contributed by atoms with Crippen LogP contribution < -0.4 is 4.74 Å². The molecule has 0 aliphatic carbocycles. The van der Waals surface area contributed by atoms with Crippen LogP contribution in [0.1, 0.15) is 127 Å². The summed E-state index contributed by atoms with van der Waals surface area (Å²) in [7, 11) is 0. The summed E-state index contributed by atoms with van der Waals surface area (Å²) in [4.78, 5) is 10.8. The Kier molecular flexibility index (Phi) is 18.8. The first-order valence-electron chi connectivity index (χ1n) is 13.7. The quantitative estimate of drug-likeness (QED) is 0.131. The topological polar surface area (TPSA) is 55.8 Å². The molecule has 0 saturated carbocycles. The SMILES string of the molecule is CCCCCCCCCCC(CCCCCCCC)COCCOc1ccc(C=O)c(O)c1. The summed E-state index contributed by atoms with van der Waals surface area (Å²) in [6.45, 7) is 6.34. The van der Waals surface area contributed by atoms with Gasteiger partial charge in [0.2, 0.25) is 0 Å². The highest BCUT2D eigenvalue weighted by molar-refractivity contribution is 5.79. The number of hydrogen-bond donors (Lipinski definition) is 1. The summed E-state index contributed by atoms with van der Waals surface area (Å²) in [5.74, 6) is 1.16. The third-order valence-corrected chi connectivity index (χ3v) is 6.41. The van der Waals surface area contributed by atoms with E-state index in [2.05, 4.69) is 13.8 Å². The minimum absolute atomic E-state index is 0.0483. The number of aldehydes is 1.